The number of amides is 1. The molecule has 0 saturated heterocycles. The third kappa shape index (κ3) is 2.62. The van der Waals surface area contributed by atoms with Crippen LogP contribution in [-0.2, 0) is 0 Å². The van der Waals surface area contributed by atoms with Crippen LogP contribution in [0.15, 0.2) is 24.4 Å². The number of nitrogen functional groups attached to an aromatic ring is 1. The van der Waals surface area contributed by atoms with Crippen molar-refractivity contribution >= 4 is 28.1 Å². The van der Waals surface area contributed by atoms with Crippen LogP contribution in [0, 0.1) is 13.8 Å². The summed E-state index contributed by atoms with van der Waals surface area (Å²) in [7, 11) is 0. The normalized spacial score (nSPS) is 10.2. The molecule has 88 valence electrons. The molecule has 1 heterocycles. The van der Waals surface area contributed by atoms with E-state index in [0.29, 0.717) is 16.4 Å². The summed E-state index contributed by atoms with van der Waals surface area (Å²) in [6.45, 7) is 3.82. The van der Waals surface area contributed by atoms with E-state index in [4.69, 9.17) is 5.73 Å². The first-order valence-corrected chi connectivity index (χ1v) is 5.98. The molecule has 3 N–H and O–H groups in total. The zero-order valence-corrected chi connectivity index (χ0v) is 10.5. The molecule has 0 aliphatic rings. The summed E-state index contributed by atoms with van der Waals surface area (Å²) in [6, 6.07) is 5.21. The predicted molar refractivity (Wildman–Crippen MR) is 70.4 cm³/mol. The summed E-state index contributed by atoms with van der Waals surface area (Å²) < 4.78 is 0. The van der Waals surface area contributed by atoms with Crippen LogP contribution in [0.5, 0.6) is 0 Å². The molecule has 0 aliphatic heterocycles. The van der Waals surface area contributed by atoms with Crippen LogP contribution >= 0.6 is 11.3 Å². The highest BCUT2D eigenvalue weighted by Crippen LogP contribution is 2.18. The topological polar surface area (TPSA) is 68.0 Å². The van der Waals surface area contributed by atoms with E-state index < -0.39 is 0 Å². The van der Waals surface area contributed by atoms with E-state index in [-0.39, 0.29) is 5.91 Å². The van der Waals surface area contributed by atoms with Crippen molar-refractivity contribution in [3.63, 3.8) is 0 Å². The van der Waals surface area contributed by atoms with E-state index in [1.54, 1.807) is 24.4 Å². The summed E-state index contributed by atoms with van der Waals surface area (Å²) in [5.74, 6) is -0.164. The molecule has 2 rings (SSSR count). The van der Waals surface area contributed by atoms with Gasteiger partial charge in [0.1, 0.15) is 0 Å². The summed E-state index contributed by atoms with van der Waals surface area (Å²) in [5.41, 5.74) is 7.87. The van der Waals surface area contributed by atoms with Crippen LogP contribution in [0.3, 0.4) is 0 Å². The van der Waals surface area contributed by atoms with Crippen LogP contribution in [0.2, 0.25) is 0 Å². The third-order valence-electron chi connectivity index (χ3n) is 2.37. The second-order valence-electron chi connectivity index (χ2n) is 3.80. The molecular formula is C12H13N3OS. The summed E-state index contributed by atoms with van der Waals surface area (Å²) in [6.07, 6.45) is 1.73. The lowest BCUT2D eigenvalue weighted by Crippen LogP contribution is -2.12. The van der Waals surface area contributed by atoms with E-state index in [1.165, 1.54) is 11.3 Å². The van der Waals surface area contributed by atoms with Gasteiger partial charge in [-0.25, -0.2) is 4.98 Å². The average Bonchev–Trinajstić information content (AvgIpc) is 2.68. The molecule has 0 fully saturated rings. The quantitative estimate of drug-likeness (QED) is 0.801. The van der Waals surface area contributed by atoms with Gasteiger partial charge in [0, 0.05) is 22.3 Å². The number of thiazole rings is 1. The van der Waals surface area contributed by atoms with Gasteiger partial charge in [0.15, 0.2) is 5.13 Å². The molecule has 0 spiro atoms. The maximum absolute atomic E-state index is 11.9. The molecule has 17 heavy (non-hydrogen) atoms. The number of aromatic nitrogens is 1. The molecular weight excluding hydrogens is 234 g/mol. The number of nitrogens with one attached hydrogen (secondary N) is 1. The fraction of sp³-hybridized carbons (Fsp3) is 0.167. The largest absolute Gasteiger partial charge is 0.399 e. The Labute approximate surface area is 103 Å². The highest BCUT2D eigenvalue weighted by atomic mass is 32.1. The first kappa shape index (κ1) is 11.6. The molecule has 0 radical (unpaired) electrons. The molecule has 5 heteroatoms. The van der Waals surface area contributed by atoms with Gasteiger partial charge in [-0.15, -0.1) is 11.3 Å². The maximum Gasteiger partial charge on any atom is 0.257 e. The van der Waals surface area contributed by atoms with Crippen molar-refractivity contribution in [2.75, 3.05) is 11.1 Å². The highest BCUT2D eigenvalue weighted by molar-refractivity contribution is 7.15. The molecule has 0 saturated carbocycles. The lowest BCUT2D eigenvalue weighted by atomic mass is 10.1. The second-order valence-corrected chi connectivity index (χ2v) is 5.04. The predicted octanol–water partition coefficient (Wildman–Crippen LogP) is 2.59. The number of aryl methyl sites for hydroxylation is 2. The Morgan fingerprint density at radius 2 is 2.18 bits per heavy atom. The number of nitrogens with zero attached hydrogens (tertiary/aromatic N) is 1. The smallest absolute Gasteiger partial charge is 0.257 e. The van der Waals surface area contributed by atoms with E-state index in [1.807, 2.05) is 13.8 Å². The van der Waals surface area contributed by atoms with Crippen molar-refractivity contribution in [1.29, 1.82) is 0 Å². The standard InChI is InChI=1S/C12H13N3OS/c1-7-5-9(3-4-10(7)13)11(16)15-12-14-6-8(2)17-12/h3-6H,13H2,1-2H3,(H,14,15,16). The Morgan fingerprint density at radius 3 is 2.76 bits per heavy atom. The van der Waals surface area contributed by atoms with Crippen LogP contribution in [0.25, 0.3) is 0 Å². The van der Waals surface area contributed by atoms with E-state index in [2.05, 4.69) is 10.3 Å². The third-order valence-corrected chi connectivity index (χ3v) is 3.20. The second kappa shape index (κ2) is 4.55. The first-order valence-electron chi connectivity index (χ1n) is 5.16. The number of anilines is 2. The zero-order valence-electron chi connectivity index (χ0n) is 9.65. The van der Waals surface area contributed by atoms with Crippen molar-refractivity contribution in [2.45, 2.75) is 13.8 Å². The molecule has 1 aromatic heterocycles. The minimum Gasteiger partial charge on any atom is -0.399 e. The van der Waals surface area contributed by atoms with Crippen LogP contribution < -0.4 is 11.1 Å². The minimum atomic E-state index is -0.164. The summed E-state index contributed by atoms with van der Waals surface area (Å²) in [4.78, 5) is 17.0. The summed E-state index contributed by atoms with van der Waals surface area (Å²) >= 11 is 1.45. The van der Waals surface area contributed by atoms with Gasteiger partial charge < -0.3 is 5.73 Å². The van der Waals surface area contributed by atoms with Gasteiger partial charge >= 0.3 is 0 Å². The number of hydrogen-bond acceptors (Lipinski definition) is 4. The molecule has 4 nitrogen and oxygen atoms in total. The maximum atomic E-state index is 11.9. The Balaban J connectivity index is 2.17. The molecule has 0 atom stereocenters. The number of benzene rings is 1. The van der Waals surface area contributed by atoms with Crippen molar-refractivity contribution in [3.8, 4) is 0 Å². The molecule has 2 aromatic rings. The number of hydrogen-bond donors (Lipinski definition) is 2. The fourth-order valence-electron chi connectivity index (χ4n) is 1.40. The molecule has 0 bridgehead atoms. The van der Waals surface area contributed by atoms with Gasteiger partial charge in [0.05, 0.1) is 0 Å². The van der Waals surface area contributed by atoms with Crippen molar-refractivity contribution in [1.82, 2.24) is 4.98 Å². The Kier molecular flexibility index (Phi) is 3.10. The molecule has 1 amide bonds. The van der Waals surface area contributed by atoms with Crippen LogP contribution in [0.1, 0.15) is 20.8 Å². The number of rotatable bonds is 2. The SMILES string of the molecule is Cc1cnc(NC(=O)c2ccc(N)c(C)c2)s1. The average molecular weight is 247 g/mol. The zero-order chi connectivity index (χ0) is 12.4. The number of carbonyl (C=O) groups is 1. The Hall–Kier alpha value is -1.88. The van der Waals surface area contributed by atoms with E-state index in [0.717, 1.165) is 10.4 Å². The molecule has 0 aliphatic carbocycles. The Bertz CT molecular complexity index is 563. The monoisotopic (exact) mass is 247 g/mol. The van der Waals surface area contributed by atoms with Crippen LogP contribution in [-0.4, -0.2) is 10.9 Å². The summed E-state index contributed by atoms with van der Waals surface area (Å²) in [5, 5.41) is 3.37. The van der Waals surface area contributed by atoms with Gasteiger partial charge in [-0.2, -0.15) is 0 Å². The first-order chi connectivity index (χ1) is 8.06. The van der Waals surface area contributed by atoms with Crippen LogP contribution in [0.4, 0.5) is 10.8 Å². The Morgan fingerprint density at radius 1 is 1.41 bits per heavy atom. The van der Waals surface area contributed by atoms with Gasteiger partial charge in [-0.05, 0) is 37.6 Å². The van der Waals surface area contributed by atoms with Crippen molar-refractivity contribution in [2.24, 2.45) is 0 Å². The van der Waals surface area contributed by atoms with E-state index >= 15 is 0 Å². The van der Waals surface area contributed by atoms with E-state index in [9.17, 15) is 4.79 Å². The van der Waals surface area contributed by atoms with Gasteiger partial charge in [0.25, 0.3) is 5.91 Å². The fourth-order valence-corrected chi connectivity index (χ4v) is 2.06. The molecule has 0 unspecified atom stereocenters. The highest BCUT2D eigenvalue weighted by Gasteiger charge is 2.09. The van der Waals surface area contributed by atoms with Crippen molar-refractivity contribution in [3.05, 3.63) is 40.4 Å². The van der Waals surface area contributed by atoms with Gasteiger partial charge in [-0.3, -0.25) is 10.1 Å². The number of carbonyl (C=O) groups excluding carboxylic acids is 1. The van der Waals surface area contributed by atoms with Gasteiger partial charge in [-0.1, -0.05) is 0 Å². The van der Waals surface area contributed by atoms with Crippen molar-refractivity contribution < 1.29 is 4.79 Å². The number of nitrogens with two attached hydrogens (primary N) is 1. The minimum absolute atomic E-state index is 0.164. The lowest BCUT2D eigenvalue weighted by Gasteiger charge is -2.04. The van der Waals surface area contributed by atoms with Gasteiger partial charge in [0.2, 0.25) is 0 Å². The lowest BCUT2D eigenvalue weighted by molar-refractivity contribution is 0.102. The molecule has 1 aromatic carbocycles.